The Morgan fingerprint density at radius 3 is 2.17 bits per heavy atom. The zero-order valence-electron chi connectivity index (χ0n) is 15.7. The molecule has 0 bridgehead atoms. The van der Waals surface area contributed by atoms with Crippen LogP contribution in [0.25, 0.3) is 0 Å². The van der Waals surface area contributed by atoms with Gasteiger partial charge in [0.2, 0.25) is 0 Å². The molecule has 0 aliphatic carbocycles. The van der Waals surface area contributed by atoms with Gasteiger partial charge in [0, 0.05) is 37.4 Å². The van der Waals surface area contributed by atoms with Crippen LogP contribution in [0.3, 0.4) is 0 Å². The molecule has 9 heteroatoms. The van der Waals surface area contributed by atoms with Crippen LogP contribution in [-0.4, -0.2) is 49.3 Å². The van der Waals surface area contributed by atoms with Crippen molar-refractivity contribution in [3.63, 3.8) is 0 Å². The van der Waals surface area contributed by atoms with Crippen LogP contribution in [-0.2, 0) is 0 Å². The second-order valence-electron chi connectivity index (χ2n) is 6.55. The Morgan fingerprint density at radius 1 is 0.966 bits per heavy atom. The molecule has 0 saturated carbocycles. The van der Waals surface area contributed by atoms with Crippen molar-refractivity contribution in [3.8, 4) is 5.75 Å². The number of halogens is 3. The second-order valence-corrected chi connectivity index (χ2v) is 6.55. The van der Waals surface area contributed by atoms with Gasteiger partial charge in [0.15, 0.2) is 11.5 Å². The molecule has 1 heterocycles. The number of carbonyl (C=O) groups excluding carboxylic acids is 2. The quantitative estimate of drug-likeness (QED) is 0.774. The molecule has 0 radical (unpaired) electrons. The Kier molecular flexibility index (Phi) is 5.95. The molecule has 1 saturated heterocycles. The molecule has 1 N–H and O–H groups in total. The number of ether oxygens (including phenoxy) is 1. The molecule has 0 spiro atoms. The molecule has 2 amide bonds. The highest BCUT2D eigenvalue weighted by atomic mass is 19.4. The van der Waals surface area contributed by atoms with Crippen LogP contribution < -0.4 is 15.0 Å². The van der Waals surface area contributed by atoms with Gasteiger partial charge in [0.25, 0.3) is 0 Å². The van der Waals surface area contributed by atoms with Crippen molar-refractivity contribution >= 4 is 23.2 Å². The Morgan fingerprint density at radius 2 is 1.59 bits per heavy atom. The molecule has 0 atom stereocenters. The van der Waals surface area contributed by atoms with Gasteiger partial charge in [-0.25, -0.2) is 4.79 Å². The number of nitrogens with one attached hydrogen (secondary N) is 1. The molecule has 29 heavy (non-hydrogen) atoms. The van der Waals surface area contributed by atoms with Crippen LogP contribution in [0.15, 0.2) is 48.5 Å². The van der Waals surface area contributed by atoms with E-state index in [1.54, 1.807) is 12.1 Å². The third-order valence-corrected chi connectivity index (χ3v) is 4.56. The molecule has 154 valence electrons. The molecule has 6 nitrogen and oxygen atoms in total. The summed E-state index contributed by atoms with van der Waals surface area (Å²) in [6.45, 7) is 3.44. The van der Waals surface area contributed by atoms with Crippen LogP contribution in [0, 0.1) is 0 Å². The number of amides is 2. The summed E-state index contributed by atoms with van der Waals surface area (Å²) in [4.78, 5) is 27.4. The number of Topliss-reactive ketones (excluding diaryl/α,β-unsaturated/α-hetero) is 1. The van der Waals surface area contributed by atoms with Gasteiger partial charge in [0.1, 0.15) is 0 Å². The smallest absolute Gasteiger partial charge is 0.404 e. The predicted molar refractivity (Wildman–Crippen MR) is 102 cm³/mol. The molecule has 0 aromatic heterocycles. The topological polar surface area (TPSA) is 61.9 Å². The number of hydrogen-bond donors (Lipinski definition) is 1. The molecule has 1 aliphatic rings. The fourth-order valence-electron chi connectivity index (χ4n) is 3.05. The maximum Gasteiger partial charge on any atom is 0.573 e. The van der Waals surface area contributed by atoms with Gasteiger partial charge in [-0.2, -0.15) is 0 Å². The van der Waals surface area contributed by atoms with Crippen LogP contribution >= 0.6 is 0 Å². The first kappa shape index (κ1) is 20.5. The van der Waals surface area contributed by atoms with Gasteiger partial charge in [-0.05, 0) is 43.3 Å². The molecule has 1 fully saturated rings. The van der Waals surface area contributed by atoms with E-state index in [1.807, 2.05) is 12.1 Å². The van der Waals surface area contributed by atoms with Gasteiger partial charge in [-0.1, -0.05) is 12.1 Å². The van der Waals surface area contributed by atoms with Crippen LogP contribution in [0.1, 0.15) is 17.3 Å². The zero-order valence-corrected chi connectivity index (χ0v) is 15.7. The Balaban J connectivity index is 1.59. The lowest BCUT2D eigenvalue weighted by Crippen LogP contribution is -2.50. The number of nitrogens with zero attached hydrogens (tertiary/aromatic N) is 2. The summed E-state index contributed by atoms with van der Waals surface area (Å²) in [5, 5.41) is 2.48. The SMILES string of the molecule is CC(=O)c1ccc(N2CCN(C(=O)Nc3ccccc3OC(F)(F)F)CC2)cc1. The number of hydrogen-bond acceptors (Lipinski definition) is 4. The van der Waals surface area contributed by atoms with Gasteiger partial charge in [0.05, 0.1) is 5.69 Å². The summed E-state index contributed by atoms with van der Waals surface area (Å²) in [5.74, 6) is -0.467. The van der Waals surface area contributed by atoms with Gasteiger partial charge in [-0.3, -0.25) is 4.79 Å². The number of alkyl halides is 3. The van der Waals surface area contributed by atoms with Crippen molar-refractivity contribution in [2.45, 2.75) is 13.3 Å². The fourth-order valence-corrected chi connectivity index (χ4v) is 3.05. The third-order valence-electron chi connectivity index (χ3n) is 4.56. The minimum atomic E-state index is -4.84. The Bertz CT molecular complexity index is 877. The first-order chi connectivity index (χ1) is 13.7. The lowest BCUT2D eigenvalue weighted by atomic mass is 10.1. The maximum absolute atomic E-state index is 12.5. The minimum absolute atomic E-state index is 0.00664. The average molecular weight is 407 g/mol. The van der Waals surface area contributed by atoms with E-state index in [0.29, 0.717) is 31.7 Å². The van der Waals surface area contributed by atoms with Crippen molar-refractivity contribution in [1.82, 2.24) is 4.90 Å². The second kappa shape index (κ2) is 8.42. The number of anilines is 2. The normalized spacial score (nSPS) is 14.5. The third kappa shape index (κ3) is 5.40. The average Bonchev–Trinajstić information content (AvgIpc) is 2.68. The summed E-state index contributed by atoms with van der Waals surface area (Å²) < 4.78 is 41.5. The number of para-hydroxylation sites is 2. The zero-order chi connectivity index (χ0) is 21.0. The van der Waals surface area contributed by atoms with Crippen LogP contribution in [0.5, 0.6) is 5.75 Å². The summed E-state index contributed by atoms with van der Waals surface area (Å²) >= 11 is 0. The van der Waals surface area contributed by atoms with Crippen molar-refractivity contribution in [2.24, 2.45) is 0 Å². The number of benzene rings is 2. The number of piperazine rings is 1. The van der Waals surface area contributed by atoms with E-state index in [4.69, 9.17) is 0 Å². The monoisotopic (exact) mass is 407 g/mol. The van der Waals surface area contributed by atoms with E-state index in [1.165, 1.54) is 30.0 Å². The summed E-state index contributed by atoms with van der Waals surface area (Å²) in [6, 6.07) is 12.2. The van der Waals surface area contributed by atoms with Crippen LogP contribution in [0.2, 0.25) is 0 Å². The fraction of sp³-hybridized carbons (Fsp3) is 0.300. The first-order valence-electron chi connectivity index (χ1n) is 8.99. The lowest BCUT2D eigenvalue weighted by molar-refractivity contribution is -0.274. The maximum atomic E-state index is 12.5. The first-order valence-corrected chi connectivity index (χ1v) is 8.99. The Labute approximate surface area is 165 Å². The van der Waals surface area contributed by atoms with E-state index in [9.17, 15) is 22.8 Å². The standard InChI is InChI=1S/C20H20F3N3O3/c1-14(27)15-6-8-16(9-7-15)25-10-12-26(13-11-25)19(28)24-17-4-2-3-5-18(17)29-20(21,22)23/h2-9H,10-13H2,1H3,(H,24,28). The van der Waals surface area contributed by atoms with E-state index in [2.05, 4.69) is 15.0 Å². The van der Waals surface area contributed by atoms with E-state index in [0.717, 1.165) is 11.8 Å². The molecule has 3 rings (SSSR count). The minimum Gasteiger partial charge on any atom is -0.404 e. The van der Waals surface area contributed by atoms with E-state index >= 15 is 0 Å². The lowest BCUT2D eigenvalue weighted by Gasteiger charge is -2.36. The van der Waals surface area contributed by atoms with Crippen molar-refractivity contribution in [3.05, 3.63) is 54.1 Å². The highest BCUT2D eigenvalue weighted by molar-refractivity contribution is 5.94. The van der Waals surface area contributed by atoms with E-state index < -0.39 is 18.1 Å². The number of urea groups is 1. The molecular weight excluding hydrogens is 387 g/mol. The Hall–Kier alpha value is -3.23. The molecule has 1 aliphatic heterocycles. The van der Waals surface area contributed by atoms with Crippen LogP contribution in [0.4, 0.5) is 29.3 Å². The van der Waals surface area contributed by atoms with Crippen molar-refractivity contribution in [2.75, 3.05) is 36.4 Å². The molecule has 2 aromatic carbocycles. The molecule has 0 unspecified atom stereocenters. The summed E-state index contributed by atoms with van der Waals surface area (Å²) in [5.41, 5.74) is 1.53. The number of rotatable bonds is 4. The van der Waals surface area contributed by atoms with Gasteiger partial charge in [-0.15, -0.1) is 13.2 Å². The summed E-state index contributed by atoms with van der Waals surface area (Å²) in [6.07, 6.45) is -4.84. The number of ketones is 1. The van der Waals surface area contributed by atoms with Crippen molar-refractivity contribution in [1.29, 1.82) is 0 Å². The van der Waals surface area contributed by atoms with E-state index in [-0.39, 0.29) is 11.5 Å². The summed E-state index contributed by atoms with van der Waals surface area (Å²) in [7, 11) is 0. The largest absolute Gasteiger partial charge is 0.573 e. The number of carbonyl (C=O) groups is 2. The molecule has 2 aromatic rings. The van der Waals surface area contributed by atoms with Gasteiger partial charge >= 0.3 is 12.4 Å². The molecular formula is C20H20F3N3O3. The van der Waals surface area contributed by atoms with Crippen molar-refractivity contribution < 1.29 is 27.5 Å². The highest BCUT2D eigenvalue weighted by Gasteiger charge is 2.32. The highest BCUT2D eigenvalue weighted by Crippen LogP contribution is 2.30. The van der Waals surface area contributed by atoms with Gasteiger partial charge < -0.3 is 19.9 Å². The predicted octanol–water partition coefficient (Wildman–Crippen LogP) is 4.14.